The highest BCUT2D eigenvalue weighted by molar-refractivity contribution is 5.75. The van der Waals surface area contributed by atoms with Crippen LogP contribution in [-0.2, 0) is 19.1 Å². The number of alkyl halides is 3. The molecule has 0 aliphatic carbocycles. The van der Waals surface area contributed by atoms with Crippen LogP contribution in [0.1, 0.15) is 16.7 Å². The maximum absolute atomic E-state index is 12.8. The van der Waals surface area contributed by atoms with Crippen LogP contribution in [0.2, 0.25) is 0 Å². The molecule has 8 heteroatoms. The number of fused-ring (bicyclic) bond motifs is 1. The molecule has 2 aliphatic rings. The van der Waals surface area contributed by atoms with Crippen LogP contribution in [0.4, 0.5) is 18.0 Å². The number of nitrogens with one attached hydrogen (secondary N) is 1. The lowest BCUT2D eigenvalue weighted by molar-refractivity contribution is -0.137. The molecule has 0 spiro atoms. The van der Waals surface area contributed by atoms with Crippen molar-refractivity contribution in [1.29, 1.82) is 0 Å². The number of hydrogen-bond donors (Lipinski definition) is 1. The Bertz CT molecular complexity index is 652. The second kappa shape index (κ2) is 7.44. The van der Waals surface area contributed by atoms with E-state index in [0.29, 0.717) is 25.1 Å². The maximum Gasteiger partial charge on any atom is 0.416 e. The van der Waals surface area contributed by atoms with Crippen molar-refractivity contribution in [2.24, 2.45) is 0 Å². The fraction of sp³-hybridized carbons (Fsp3) is 0.611. The molecule has 144 valence electrons. The molecular weight excluding hydrogens is 345 g/mol. The van der Waals surface area contributed by atoms with E-state index >= 15 is 0 Å². The van der Waals surface area contributed by atoms with Crippen molar-refractivity contribution in [1.82, 2.24) is 20.0 Å². The van der Waals surface area contributed by atoms with Crippen LogP contribution in [-0.4, -0.2) is 73.6 Å². The van der Waals surface area contributed by atoms with E-state index in [-0.39, 0.29) is 12.1 Å². The summed E-state index contributed by atoms with van der Waals surface area (Å²) in [6.45, 7) is 4.27. The molecule has 2 amide bonds. The van der Waals surface area contributed by atoms with E-state index in [1.54, 1.807) is 4.90 Å². The number of hydrogen-bond acceptors (Lipinski definition) is 3. The number of halogens is 3. The minimum Gasteiger partial charge on any atom is -0.333 e. The molecule has 0 aromatic heterocycles. The fourth-order valence-corrected chi connectivity index (χ4v) is 3.59. The SMILES string of the molecule is CN1CCN(C)CC(NC(=O)N2CCc3cc(C(F)(F)F)ccc3C2)C1. The highest BCUT2D eigenvalue weighted by atomic mass is 19.4. The lowest BCUT2D eigenvalue weighted by atomic mass is 9.97. The topological polar surface area (TPSA) is 38.8 Å². The summed E-state index contributed by atoms with van der Waals surface area (Å²) in [5.41, 5.74) is 0.839. The molecule has 2 aliphatic heterocycles. The van der Waals surface area contributed by atoms with Crippen LogP contribution in [0, 0.1) is 0 Å². The fourth-order valence-electron chi connectivity index (χ4n) is 3.59. The summed E-state index contributed by atoms with van der Waals surface area (Å²) in [7, 11) is 4.07. The zero-order valence-corrected chi connectivity index (χ0v) is 15.1. The number of rotatable bonds is 1. The zero-order chi connectivity index (χ0) is 18.9. The summed E-state index contributed by atoms with van der Waals surface area (Å²) in [4.78, 5) is 18.7. The van der Waals surface area contributed by atoms with Gasteiger partial charge in [-0.3, -0.25) is 0 Å². The van der Waals surface area contributed by atoms with Gasteiger partial charge in [0.2, 0.25) is 0 Å². The van der Waals surface area contributed by atoms with Crippen molar-refractivity contribution < 1.29 is 18.0 Å². The van der Waals surface area contributed by atoms with Crippen molar-refractivity contribution in [3.63, 3.8) is 0 Å². The third-order valence-corrected chi connectivity index (χ3v) is 5.09. The summed E-state index contributed by atoms with van der Waals surface area (Å²) in [6.07, 6.45) is -3.89. The quantitative estimate of drug-likeness (QED) is 0.822. The van der Waals surface area contributed by atoms with Crippen molar-refractivity contribution in [2.75, 3.05) is 46.8 Å². The predicted octanol–water partition coefficient (Wildman–Crippen LogP) is 2.02. The Morgan fingerprint density at radius 3 is 2.35 bits per heavy atom. The average Bonchev–Trinajstić information content (AvgIpc) is 2.73. The van der Waals surface area contributed by atoms with Crippen molar-refractivity contribution in [2.45, 2.75) is 25.2 Å². The van der Waals surface area contributed by atoms with Gasteiger partial charge in [-0.05, 0) is 43.8 Å². The van der Waals surface area contributed by atoms with Crippen LogP contribution >= 0.6 is 0 Å². The van der Waals surface area contributed by atoms with Gasteiger partial charge < -0.3 is 20.0 Å². The third kappa shape index (κ3) is 4.48. The predicted molar refractivity (Wildman–Crippen MR) is 92.9 cm³/mol. The first-order chi connectivity index (χ1) is 12.2. The molecule has 5 nitrogen and oxygen atoms in total. The Morgan fingerprint density at radius 1 is 1.08 bits per heavy atom. The summed E-state index contributed by atoms with van der Waals surface area (Å²) in [5.74, 6) is 0. The van der Waals surface area contributed by atoms with Gasteiger partial charge >= 0.3 is 12.2 Å². The summed E-state index contributed by atoms with van der Waals surface area (Å²) < 4.78 is 38.5. The molecule has 2 heterocycles. The van der Waals surface area contributed by atoms with Gasteiger partial charge in [-0.1, -0.05) is 6.07 Å². The number of likely N-dealkylation sites (N-methyl/N-ethyl adjacent to an activating group) is 2. The Balaban J connectivity index is 1.64. The molecule has 0 atom stereocenters. The molecule has 1 aromatic carbocycles. The van der Waals surface area contributed by atoms with Crippen LogP contribution in [0.5, 0.6) is 0 Å². The molecule has 3 rings (SSSR count). The van der Waals surface area contributed by atoms with E-state index < -0.39 is 11.7 Å². The largest absolute Gasteiger partial charge is 0.416 e. The summed E-state index contributed by atoms with van der Waals surface area (Å²) in [5, 5.41) is 3.08. The van der Waals surface area contributed by atoms with Gasteiger partial charge in [0.25, 0.3) is 0 Å². The number of amides is 2. The normalized spacial score (nSPS) is 20.6. The molecule has 26 heavy (non-hydrogen) atoms. The number of carbonyl (C=O) groups excluding carboxylic acids is 1. The first-order valence-electron chi connectivity index (χ1n) is 8.84. The van der Waals surface area contributed by atoms with E-state index in [1.807, 2.05) is 14.1 Å². The molecule has 0 saturated carbocycles. The molecule has 1 saturated heterocycles. The standard InChI is InChI=1S/C18H25F3N4O/c1-23-7-8-24(2)12-16(11-23)22-17(26)25-6-5-13-9-15(18(19,20)21)4-3-14(13)10-25/h3-4,9,16H,5-8,10-12H2,1-2H3,(H,22,26). The second-order valence-corrected chi connectivity index (χ2v) is 7.32. The van der Waals surface area contributed by atoms with E-state index in [1.165, 1.54) is 12.1 Å². The van der Waals surface area contributed by atoms with Crippen LogP contribution in [0.15, 0.2) is 18.2 Å². The van der Waals surface area contributed by atoms with Gasteiger partial charge in [-0.15, -0.1) is 0 Å². The first-order valence-corrected chi connectivity index (χ1v) is 8.84. The van der Waals surface area contributed by atoms with Crippen molar-refractivity contribution in [3.05, 3.63) is 34.9 Å². The first kappa shape index (κ1) is 19.0. The number of benzene rings is 1. The van der Waals surface area contributed by atoms with Gasteiger partial charge in [0.05, 0.1) is 11.6 Å². The van der Waals surface area contributed by atoms with Gasteiger partial charge in [0.1, 0.15) is 0 Å². The minimum atomic E-state index is -4.33. The van der Waals surface area contributed by atoms with E-state index in [9.17, 15) is 18.0 Å². The molecule has 0 radical (unpaired) electrons. The van der Waals surface area contributed by atoms with Gasteiger partial charge in [-0.25, -0.2) is 4.79 Å². The molecule has 0 unspecified atom stereocenters. The molecule has 1 N–H and O–H groups in total. The van der Waals surface area contributed by atoms with Gasteiger partial charge in [0.15, 0.2) is 0 Å². The van der Waals surface area contributed by atoms with Gasteiger partial charge in [0, 0.05) is 39.3 Å². The summed E-state index contributed by atoms with van der Waals surface area (Å²) in [6, 6.07) is 3.68. The minimum absolute atomic E-state index is 0.0361. The number of urea groups is 1. The Hall–Kier alpha value is -1.80. The van der Waals surface area contributed by atoms with Crippen LogP contribution in [0.3, 0.4) is 0 Å². The second-order valence-electron chi connectivity index (χ2n) is 7.32. The molecule has 0 bridgehead atoms. The summed E-state index contributed by atoms with van der Waals surface area (Å²) >= 11 is 0. The molecule has 1 fully saturated rings. The number of nitrogens with zero attached hydrogens (tertiary/aromatic N) is 3. The molecule has 1 aromatic rings. The van der Waals surface area contributed by atoms with Crippen LogP contribution in [0.25, 0.3) is 0 Å². The lowest BCUT2D eigenvalue weighted by Gasteiger charge is -2.32. The Kier molecular flexibility index (Phi) is 5.43. The molecular formula is C18H25F3N4O. The zero-order valence-electron chi connectivity index (χ0n) is 15.1. The van der Waals surface area contributed by atoms with E-state index in [2.05, 4.69) is 15.1 Å². The van der Waals surface area contributed by atoms with E-state index in [4.69, 9.17) is 0 Å². The van der Waals surface area contributed by atoms with Crippen LogP contribution < -0.4 is 5.32 Å². The smallest absolute Gasteiger partial charge is 0.333 e. The van der Waals surface area contributed by atoms with Crippen molar-refractivity contribution in [3.8, 4) is 0 Å². The average molecular weight is 370 g/mol. The highest BCUT2D eigenvalue weighted by Gasteiger charge is 2.32. The van der Waals surface area contributed by atoms with E-state index in [0.717, 1.165) is 37.8 Å². The Labute approximate surface area is 151 Å². The monoisotopic (exact) mass is 370 g/mol. The third-order valence-electron chi connectivity index (χ3n) is 5.09. The highest BCUT2D eigenvalue weighted by Crippen LogP contribution is 2.32. The van der Waals surface area contributed by atoms with Gasteiger partial charge in [-0.2, -0.15) is 13.2 Å². The lowest BCUT2D eigenvalue weighted by Crippen LogP contribution is -2.51. The number of carbonyl (C=O) groups is 1. The Morgan fingerprint density at radius 2 is 1.73 bits per heavy atom. The van der Waals surface area contributed by atoms with Crippen molar-refractivity contribution >= 4 is 6.03 Å². The maximum atomic E-state index is 12.8.